The number of amides is 1. The average Bonchev–Trinajstić information content (AvgIpc) is 3.03. The van der Waals surface area contributed by atoms with Crippen molar-refractivity contribution in [3.05, 3.63) is 22.7 Å². The summed E-state index contributed by atoms with van der Waals surface area (Å²) in [7, 11) is 0. The molecule has 118 valence electrons. The van der Waals surface area contributed by atoms with Crippen molar-refractivity contribution >= 4 is 21.8 Å². The number of carbonyl (C=O) groups is 1. The maximum atomic E-state index is 11.4. The molecule has 7 nitrogen and oxygen atoms in total. The van der Waals surface area contributed by atoms with Gasteiger partial charge >= 0.3 is 0 Å². The third-order valence-corrected chi connectivity index (χ3v) is 4.07. The number of nitrogens with zero attached hydrogens (tertiary/aromatic N) is 4. The van der Waals surface area contributed by atoms with E-state index in [1.807, 2.05) is 4.90 Å². The van der Waals surface area contributed by atoms with Gasteiger partial charge in [0, 0.05) is 33.1 Å². The second-order valence-corrected chi connectivity index (χ2v) is 6.02. The highest BCUT2D eigenvalue weighted by atomic mass is 79.9. The zero-order chi connectivity index (χ0) is 15.5. The molecule has 2 aromatic heterocycles. The lowest BCUT2D eigenvalue weighted by Gasteiger charge is -2.19. The van der Waals surface area contributed by atoms with E-state index in [0.29, 0.717) is 28.8 Å². The molecule has 2 aromatic rings. The van der Waals surface area contributed by atoms with Crippen molar-refractivity contribution in [1.29, 1.82) is 0 Å². The summed E-state index contributed by atoms with van der Waals surface area (Å²) in [5, 5.41) is 8.08. The lowest BCUT2D eigenvalue weighted by molar-refractivity contribution is -0.128. The number of hydrogen-bond acceptors (Lipinski definition) is 6. The van der Waals surface area contributed by atoms with Gasteiger partial charge in [0.1, 0.15) is 0 Å². The third-order valence-electron chi connectivity index (χ3n) is 3.64. The molecule has 0 saturated carbocycles. The summed E-state index contributed by atoms with van der Waals surface area (Å²) in [6, 6.07) is 3.56. The van der Waals surface area contributed by atoms with Crippen LogP contribution in [0.15, 0.2) is 25.6 Å². The molecule has 0 atom stereocenters. The number of furan rings is 1. The van der Waals surface area contributed by atoms with Gasteiger partial charge in [-0.25, -0.2) is 0 Å². The van der Waals surface area contributed by atoms with E-state index >= 15 is 0 Å². The maximum Gasteiger partial charge on any atom is 0.283 e. The Bertz CT molecular complexity index is 654. The van der Waals surface area contributed by atoms with Crippen molar-refractivity contribution in [3.63, 3.8) is 0 Å². The summed E-state index contributed by atoms with van der Waals surface area (Å²) >= 11 is 3.24. The van der Waals surface area contributed by atoms with Crippen molar-refractivity contribution in [2.45, 2.75) is 19.9 Å². The first-order chi connectivity index (χ1) is 10.6. The minimum absolute atomic E-state index is 0.130. The van der Waals surface area contributed by atoms with Gasteiger partial charge in [0.25, 0.3) is 5.89 Å². The fraction of sp³-hybridized carbons (Fsp3) is 0.500. The molecule has 1 amide bonds. The Morgan fingerprint density at radius 2 is 2.09 bits per heavy atom. The van der Waals surface area contributed by atoms with Gasteiger partial charge in [-0.2, -0.15) is 0 Å². The van der Waals surface area contributed by atoms with Gasteiger partial charge in [-0.15, -0.1) is 10.2 Å². The monoisotopic (exact) mass is 368 g/mol. The second-order valence-electron chi connectivity index (χ2n) is 5.24. The highest BCUT2D eigenvalue weighted by Gasteiger charge is 2.19. The van der Waals surface area contributed by atoms with Crippen LogP contribution in [0.3, 0.4) is 0 Å². The molecule has 0 spiro atoms. The normalized spacial score (nSPS) is 16.7. The van der Waals surface area contributed by atoms with Gasteiger partial charge in [0.05, 0.1) is 6.54 Å². The Morgan fingerprint density at radius 3 is 2.82 bits per heavy atom. The molecule has 22 heavy (non-hydrogen) atoms. The lowest BCUT2D eigenvalue weighted by atomic mass is 10.4. The summed E-state index contributed by atoms with van der Waals surface area (Å²) < 4.78 is 11.7. The van der Waals surface area contributed by atoms with Gasteiger partial charge in [-0.05, 0) is 34.5 Å². The highest BCUT2D eigenvalue weighted by Crippen LogP contribution is 2.24. The fourth-order valence-corrected chi connectivity index (χ4v) is 2.79. The Hall–Kier alpha value is -1.67. The number of hydrogen-bond donors (Lipinski definition) is 0. The molecule has 8 heteroatoms. The Balaban J connectivity index is 1.62. The molecule has 0 radical (unpaired) electrons. The first-order valence-electron chi connectivity index (χ1n) is 7.18. The number of aromatic nitrogens is 2. The molecule has 1 fully saturated rings. The number of rotatable bonds is 3. The second kappa shape index (κ2) is 6.62. The Morgan fingerprint density at radius 1 is 1.23 bits per heavy atom. The van der Waals surface area contributed by atoms with E-state index in [0.717, 1.165) is 32.6 Å². The van der Waals surface area contributed by atoms with Crippen LogP contribution in [0, 0.1) is 0 Å². The number of halogens is 1. The van der Waals surface area contributed by atoms with Gasteiger partial charge in [0.2, 0.25) is 11.8 Å². The van der Waals surface area contributed by atoms with E-state index in [1.165, 1.54) is 0 Å². The molecule has 1 saturated heterocycles. The van der Waals surface area contributed by atoms with Crippen molar-refractivity contribution in [2.75, 3.05) is 26.2 Å². The zero-order valence-corrected chi connectivity index (χ0v) is 13.9. The van der Waals surface area contributed by atoms with E-state index in [9.17, 15) is 4.79 Å². The molecule has 0 bridgehead atoms. The zero-order valence-electron chi connectivity index (χ0n) is 12.3. The van der Waals surface area contributed by atoms with E-state index in [4.69, 9.17) is 8.83 Å². The average molecular weight is 369 g/mol. The molecule has 1 aliphatic heterocycles. The first kappa shape index (κ1) is 15.2. The summed E-state index contributed by atoms with van der Waals surface area (Å²) in [4.78, 5) is 15.5. The molecule has 0 aromatic carbocycles. The van der Waals surface area contributed by atoms with E-state index in [1.54, 1.807) is 19.1 Å². The SMILES string of the molecule is CC(=O)N1CCCN(Cc2nnc(-c3ccc(Br)o3)o2)CC1. The van der Waals surface area contributed by atoms with Gasteiger partial charge in [-0.3, -0.25) is 9.69 Å². The van der Waals surface area contributed by atoms with E-state index in [-0.39, 0.29) is 5.91 Å². The first-order valence-corrected chi connectivity index (χ1v) is 7.97. The van der Waals surface area contributed by atoms with Crippen LogP contribution in [-0.4, -0.2) is 52.1 Å². The highest BCUT2D eigenvalue weighted by molar-refractivity contribution is 9.10. The van der Waals surface area contributed by atoms with Crippen LogP contribution in [0.25, 0.3) is 11.7 Å². The largest absolute Gasteiger partial charge is 0.444 e. The van der Waals surface area contributed by atoms with Crippen LogP contribution in [0.2, 0.25) is 0 Å². The maximum absolute atomic E-state index is 11.4. The minimum atomic E-state index is 0.130. The quantitative estimate of drug-likeness (QED) is 0.825. The van der Waals surface area contributed by atoms with Gasteiger partial charge < -0.3 is 13.7 Å². The van der Waals surface area contributed by atoms with Crippen LogP contribution in [0.1, 0.15) is 19.2 Å². The molecule has 0 aliphatic carbocycles. The smallest absolute Gasteiger partial charge is 0.283 e. The number of carbonyl (C=O) groups excluding carboxylic acids is 1. The summed E-state index contributed by atoms with van der Waals surface area (Å²) in [5.74, 6) is 1.61. The topological polar surface area (TPSA) is 75.6 Å². The van der Waals surface area contributed by atoms with Gasteiger partial charge in [0.15, 0.2) is 10.4 Å². The van der Waals surface area contributed by atoms with Crippen LogP contribution >= 0.6 is 15.9 Å². The van der Waals surface area contributed by atoms with Crippen LogP contribution in [0.4, 0.5) is 0 Å². The van der Waals surface area contributed by atoms with Crippen molar-refractivity contribution < 1.29 is 13.6 Å². The Labute approximate surface area is 136 Å². The molecular weight excluding hydrogens is 352 g/mol. The molecule has 1 aliphatic rings. The predicted molar refractivity (Wildman–Crippen MR) is 81.8 cm³/mol. The van der Waals surface area contributed by atoms with Crippen molar-refractivity contribution in [2.24, 2.45) is 0 Å². The summed E-state index contributed by atoms with van der Waals surface area (Å²) in [5.41, 5.74) is 0. The molecule has 3 heterocycles. The standard InChI is InChI=1S/C14H17BrN4O3/c1-10(20)19-6-2-5-18(7-8-19)9-13-16-17-14(22-13)11-3-4-12(15)21-11/h3-4H,2,5-9H2,1H3. The lowest BCUT2D eigenvalue weighted by Crippen LogP contribution is -2.33. The van der Waals surface area contributed by atoms with Gasteiger partial charge in [-0.1, -0.05) is 0 Å². The van der Waals surface area contributed by atoms with E-state index < -0.39 is 0 Å². The van der Waals surface area contributed by atoms with Crippen LogP contribution in [0.5, 0.6) is 0 Å². The molecule has 0 unspecified atom stereocenters. The molecule has 3 rings (SSSR count). The summed E-state index contributed by atoms with van der Waals surface area (Å²) in [6.45, 7) is 5.46. The van der Waals surface area contributed by atoms with Crippen LogP contribution < -0.4 is 0 Å². The minimum Gasteiger partial charge on any atom is -0.444 e. The van der Waals surface area contributed by atoms with Crippen molar-refractivity contribution in [1.82, 2.24) is 20.0 Å². The predicted octanol–water partition coefficient (Wildman–Crippen LogP) is 2.15. The molecule has 0 N–H and O–H groups in total. The van der Waals surface area contributed by atoms with E-state index in [2.05, 4.69) is 31.0 Å². The fourth-order valence-electron chi connectivity index (χ4n) is 2.48. The molecular formula is C14H17BrN4O3. The summed E-state index contributed by atoms with van der Waals surface area (Å²) in [6.07, 6.45) is 0.950. The third kappa shape index (κ3) is 3.56. The van der Waals surface area contributed by atoms with Crippen LogP contribution in [-0.2, 0) is 11.3 Å². The Kier molecular flexibility index (Phi) is 4.58. The van der Waals surface area contributed by atoms with Crippen molar-refractivity contribution in [3.8, 4) is 11.7 Å².